The average molecular weight is 194 g/mol. The first-order chi connectivity index (χ1) is 6.31. The van der Waals surface area contributed by atoms with E-state index in [1.165, 1.54) is 11.1 Å². The van der Waals surface area contributed by atoms with E-state index in [9.17, 15) is 5.11 Å². The van der Waals surface area contributed by atoms with Gasteiger partial charge in [0, 0.05) is 11.5 Å². The number of aryl methyl sites for hydroxylation is 1. The van der Waals surface area contributed by atoms with Gasteiger partial charge in [0.1, 0.15) is 0 Å². The number of hydrogen-bond acceptors (Lipinski definition) is 2. The zero-order valence-corrected chi connectivity index (χ0v) is 8.60. The first-order valence-electron chi connectivity index (χ1n) is 4.68. The van der Waals surface area contributed by atoms with Gasteiger partial charge >= 0.3 is 0 Å². The van der Waals surface area contributed by atoms with Crippen molar-refractivity contribution in [3.63, 3.8) is 0 Å². The van der Waals surface area contributed by atoms with E-state index in [0.29, 0.717) is 0 Å². The minimum absolute atomic E-state index is 0.250. The normalized spacial score (nSPS) is 21.2. The number of hydrogen-bond donors (Lipinski definition) is 1. The van der Waals surface area contributed by atoms with Crippen LogP contribution in [-0.4, -0.2) is 10.9 Å². The Kier molecular flexibility index (Phi) is 2.61. The van der Waals surface area contributed by atoms with Crippen LogP contribution < -0.4 is 0 Å². The summed E-state index contributed by atoms with van der Waals surface area (Å²) in [7, 11) is 0. The van der Waals surface area contributed by atoms with Gasteiger partial charge < -0.3 is 5.11 Å². The van der Waals surface area contributed by atoms with E-state index >= 15 is 0 Å². The molecule has 0 saturated carbocycles. The van der Waals surface area contributed by atoms with Gasteiger partial charge in [-0.2, -0.15) is 11.8 Å². The summed E-state index contributed by atoms with van der Waals surface area (Å²) in [6.07, 6.45) is 0.799. The van der Waals surface area contributed by atoms with E-state index in [1.54, 1.807) is 0 Å². The summed E-state index contributed by atoms with van der Waals surface area (Å²) in [6, 6.07) is 6.47. The predicted molar refractivity (Wildman–Crippen MR) is 56.9 cm³/mol. The molecule has 1 aliphatic rings. The highest BCUT2D eigenvalue weighted by Gasteiger charge is 2.17. The highest BCUT2D eigenvalue weighted by molar-refractivity contribution is 7.98. The van der Waals surface area contributed by atoms with Crippen molar-refractivity contribution in [2.45, 2.75) is 25.2 Å². The molecule has 2 rings (SSSR count). The van der Waals surface area contributed by atoms with Gasteiger partial charge in [0.2, 0.25) is 0 Å². The van der Waals surface area contributed by atoms with Crippen LogP contribution in [0.15, 0.2) is 18.2 Å². The fourth-order valence-electron chi connectivity index (χ4n) is 1.68. The maximum Gasteiger partial charge on any atom is 0.0883 e. The minimum atomic E-state index is -0.250. The zero-order chi connectivity index (χ0) is 9.26. The molecule has 0 saturated heterocycles. The number of benzene rings is 1. The minimum Gasteiger partial charge on any atom is -0.388 e. The van der Waals surface area contributed by atoms with E-state index in [2.05, 4.69) is 25.1 Å². The lowest BCUT2D eigenvalue weighted by atomic mass is 10.00. The Labute approximate surface area is 83.2 Å². The van der Waals surface area contributed by atoms with Crippen molar-refractivity contribution >= 4 is 11.8 Å². The second kappa shape index (κ2) is 3.72. The number of rotatable bonds is 1. The van der Waals surface area contributed by atoms with Gasteiger partial charge in [-0.25, -0.2) is 0 Å². The fraction of sp³-hybridized carbons (Fsp3) is 0.455. The van der Waals surface area contributed by atoms with Gasteiger partial charge in [-0.15, -0.1) is 0 Å². The summed E-state index contributed by atoms with van der Waals surface area (Å²) >= 11 is 1.81. The van der Waals surface area contributed by atoms with E-state index < -0.39 is 0 Å². The molecular formula is C11H14OS. The monoisotopic (exact) mass is 194 g/mol. The molecule has 70 valence electrons. The number of thioether (sulfide) groups is 1. The van der Waals surface area contributed by atoms with Crippen molar-refractivity contribution in [2.75, 3.05) is 5.75 Å². The lowest BCUT2D eigenvalue weighted by Gasteiger charge is -2.21. The van der Waals surface area contributed by atoms with Crippen LogP contribution >= 0.6 is 11.8 Å². The fourth-order valence-corrected chi connectivity index (χ4v) is 2.68. The first kappa shape index (κ1) is 9.10. The molecule has 0 amide bonds. The van der Waals surface area contributed by atoms with Crippen LogP contribution in [0.2, 0.25) is 0 Å². The largest absolute Gasteiger partial charge is 0.388 e. The summed E-state index contributed by atoms with van der Waals surface area (Å²) in [4.78, 5) is 0. The SMILES string of the molecule is CCc1ccc2c(c1)C(O)CSC2. The van der Waals surface area contributed by atoms with Gasteiger partial charge in [0.05, 0.1) is 6.10 Å². The summed E-state index contributed by atoms with van der Waals surface area (Å²) in [5.74, 6) is 1.90. The van der Waals surface area contributed by atoms with Gasteiger partial charge in [-0.1, -0.05) is 25.1 Å². The maximum atomic E-state index is 9.76. The third-order valence-electron chi connectivity index (χ3n) is 2.51. The van der Waals surface area contributed by atoms with Crippen LogP contribution in [0.5, 0.6) is 0 Å². The molecule has 1 unspecified atom stereocenters. The van der Waals surface area contributed by atoms with Crippen molar-refractivity contribution in [3.05, 3.63) is 34.9 Å². The molecule has 0 radical (unpaired) electrons. The van der Waals surface area contributed by atoms with E-state index in [4.69, 9.17) is 0 Å². The van der Waals surface area contributed by atoms with Gasteiger partial charge in [0.15, 0.2) is 0 Å². The average Bonchev–Trinajstić information content (AvgIpc) is 2.18. The van der Waals surface area contributed by atoms with Crippen molar-refractivity contribution < 1.29 is 5.11 Å². The van der Waals surface area contributed by atoms with Crippen LogP contribution in [0.3, 0.4) is 0 Å². The molecule has 1 aromatic carbocycles. The van der Waals surface area contributed by atoms with E-state index in [-0.39, 0.29) is 6.10 Å². The van der Waals surface area contributed by atoms with E-state index in [0.717, 1.165) is 23.5 Å². The van der Waals surface area contributed by atoms with Gasteiger partial charge in [-0.3, -0.25) is 0 Å². The molecule has 0 spiro atoms. The highest BCUT2D eigenvalue weighted by atomic mass is 32.2. The molecule has 1 aliphatic heterocycles. The lowest BCUT2D eigenvalue weighted by Crippen LogP contribution is -2.10. The third-order valence-corrected chi connectivity index (χ3v) is 3.58. The standard InChI is InChI=1S/C11H14OS/c1-2-8-3-4-9-6-13-7-11(12)10(9)5-8/h3-5,11-12H,2,6-7H2,1H3. The predicted octanol–water partition coefficient (Wildman–Crippen LogP) is 2.53. The second-order valence-corrected chi connectivity index (χ2v) is 4.45. The molecular weight excluding hydrogens is 180 g/mol. The number of aliphatic hydroxyl groups is 1. The molecule has 1 heterocycles. The molecule has 1 aromatic rings. The Morgan fingerprint density at radius 3 is 3.15 bits per heavy atom. The molecule has 0 bridgehead atoms. The molecule has 0 aromatic heterocycles. The molecule has 1 N–H and O–H groups in total. The van der Waals surface area contributed by atoms with Gasteiger partial charge in [0.25, 0.3) is 0 Å². The van der Waals surface area contributed by atoms with Crippen molar-refractivity contribution in [3.8, 4) is 0 Å². The summed E-state index contributed by atoms with van der Waals surface area (Å²) in [6.45, 7) is 2.14. The Balaban J connectivity index is 2.41. The maximum absolute atomic E-state index is 9.76. The van der Waals surface area contributed by atoms with Crippen molar-refractivity contribution in [1.82, 2.24) is 0 Å². The highest BCUT2D eigenvalue weighted by Crippen LogP contribution is 2.32. The smallest absolute Gasteiger partial charge is 0.0883 e. The molecule has 1 nitrogen and oxygen atoms in total. The van der Waals surface area contributed by atoms with Crippen molar-refractivity contribution in [2.24, 2.45) is 0 Å². The summed E-state index contributed by atoms with van der Waals surface area (Å²) in [5.41, 5.74) is 3.78. The van der Waals surface area contributed by atoms with Crippen LogP contribution in [0.4, 0.5) is 0 Å². The Bertz CT molecular complexity index is 309. The molecule has 0 aliphatic carbocycles. The molecule has 0 fully saturated rings. The third kappa shape index (κ3) is 1.74. The van der Waals surface area contributed by atoms with Crippen LogP contribution in [0, 0.1) is 0 Å². The van der Waals surface area contributed by atoms with Gasteiger partial charge in [-0.05, 0) is 23.1 Å². The topological polar surface area (TPSA) is 20.2 Å². The second-order valence-electron chi connectivity index (χ2n) is 3.42. The summed E-state index contributed by atoms with van der Waals surface area (Å²) in [5, 5.41) is 9.76. The zero-order valence-electron chi connectivity index (χ0n) is 7.79. The molecule has 1 atom stereocenters. The van der Waals surface area contributed by atoms with E-state index in [1.807, 2.05) is 11.8 Å². The number of aliphatic hydroxyl groups excluding tert-OH is 1. The van der Waals surface area contributed by atoms with Crippen LogP contribution in [0.1, 0.15) is 29.7 Å². The lowest BCUT2D eigenvalue weighted by molar-refractivity contribution is 0.201. The Morgan fingerprint density at radius 1 is 1.54 bits per heavy atom. The van der Waals surface area contributed by atoms with Crippen LogP contribution in [0.25, 0.3) is 0 Å². The Morgan fingerprint density at radius 2 is 2.38 bits per heavy atom. The quantitative estimate of drug-likeness (QED) is 0.741. The number of fused-ring (bicyclic) bond motifs is 1. The first-order valence-corrected chi connectivity index (χ1v) is 5.84. The van der Waals surface area contributed by atoms with Crippen LogP contribution in [-0.2, 0) is 12.2 Å². The molecule has 13 heavy (non-hydrogen) atoms. The molecule has 2 heteroatoms. The summed E-state index contributed by atoms with van der Waals surface area (Å²) < 4.78 is 0. The Hall–Kier alpha value is -0.470. The van der Waals surface area contributed by atoms with Crippen molar-refractivity contribution in [1.29, 1.82) is 0 Å².